The summed E-state index contributed by atoms with van der Waals surface area (Å²) in [5.41, 5.74) is 1.38. The third kappa shape index (κ3) is 7.90. The van der Waals surface area contributed by atoms with Gasteiger partial charge in [-0.05, 0) is 32.6 Å². The number of unbranched alkanes of at least 4 members (excludes halogenated alkanes) is 4. The molecule has 0 aromatic heterocycles. The second-order valence-corrected chi connectivity index (χ2v) is 7.38. The lowest BCUT2D eigenvalue weighted by Crippen LogP contribution is -2.48. The molecule has 1 rings (SSSR count). The Morgan fingerprint density at radius 3 is 2.00 bits per heavy atom. The van der Waals surface area contributed by atoms with E-state index in [1.165, 1.54) is 76.8 Å². The van der Waals surface area contributed by atoms with Gasteiger partial charge in [0.05, 0.1) is 0 Å². The molecular formula is C19H38N2. The highest BCUT2D eigenvalue weighted by Gasteiger charge is 2.19. The Kier molecular flexibility index (Phi) is 9.07. The number of hydrogen-bond donors (Lipinski definition) is 0. The van der Waals surface area contributed by atoms with Crippen LogP contribution in [0.1, 0.15) is 72.6 Å². The standard InChI is InChI=1S/C19H38N2/c1-17(2)11-9-7-6-8-10-12-19(5)21-15-13-20(14-16-21)18(3)4/h17-18H,5-16H2,1-4H3. The first-order valence-electron chi connectivity index (χ1n) is 9.17. The smallest absolute Gasteiger partial charge is 0.0303 e. The van der Waals surface area contributed by atoms with Gasteiger partial charge in [-0.2, -0.15) is 0 Å². The predicted octanol–water partition coefficient (Wildman–Crippen LogP) is 4.91. The van der Waals surface area contributed by atoms with Crippen molar-refractivity contribution in [2.75, 3.05) is 26.2 Å². The summed E-state index contributed by atoms with van der Waals surface area (Å²) in [4.78, 5) is 5.08. The van der Waals surface area contributed by atoms with Crippen LogP contribution in [0.15, 0.2) is 12.3 Å². The highest BCUT2D eigenvalue weighted by Crippen LogP contribution is 2.17. The van der Waals surface area contributed by atoms with Crippen molar-refractivity contribution < 1.29 is 0 Å². The molecule has 2 nitrogen and oxygen atoms in total. The first kappa shape index (κ1) is 18.5. The second-order valence-electron chi connectivity index (χ2n) is 7.38. The first-order valence-corrected chi connectivity index (χ1v) is 9.17. The summed E-state index contributed by atoms with van der Waals surface area (Å²) < 4.78 is 0. The predicted molar refractivity (Wildman–Crippen MR) is 94.6 cm³/mol. The molecule has 1 heterocycles. The summed E-state index contributed by atoms with van der Waals surface area (Å²) in [6.45, 7) is 18.3. The molecule has 1 fully saturated rings. The molecule has 0 radical (unpaired) electrons. The van der Waals surface area contributed by atoms with E-state index >= 15 is 0 Å². The van der Waals surface area contributed by atoms with Gasteiger partial charge in [0.1, 0.15) is 0 Å². The molecule has 0 N–H and O–H groups in total. The first-order chi connectivity index (χ1) is 10.0. The van der Waals surface area contributed by atoms with Crippen LogP contribution in [0.4, 0.5) is 0 Å². The number of piperazine rings is 1. The lowest BCUT2D eigenvalue weighted by molar-refractivity contribution is 0.128. The lowest BCUT2D eigenvalue weighted by atomic mass is 10.0. The molecule has 1 aliphatic heterocycles. The van der Waals surface area contributed by atoms with E-state index in [2.05, 4.69) is 44.1 Å². The Hall–Kier alpha value is -0.500. The van der Waals surface area contributed by atoms with Crippen molar-refractivity contribution in [2.24, 2.45) is 5.92 Å². The van der Waals surface area contributed by atoms with E-state index in [1.54, 1.807) is 0 Å². The van der Waals surface area contributed by atoms with Gasteiger partial charge in [0.25, 0.3) is 0 Å². The molecule has 0 aromatic carbocycles. The topological polar surface area (TPSA) is 6.48 Å². The van der Waals surface area contributed by atoms with Crippen molar-refractivity contribution >= 4 is 0 Å². The van der Waals surface area contributed by atoms with E-state index in [-0.39, 0.29) is 0 Å². The average molecular weight is 295 g/mol. The maximum Gasteiger partial charge on any atom is 0.0303 e. The molecule has 124 valence electrons. The van der Waals surface area contributed by atoms with Crippen LogP contribution in [0.3, 0.4) is 0 Å². The van der Waals surface area contributed by atoms with Crippen molar-refractivity contribution in [2.45, 2.75) is 78.7 Å². The molecule has 21 heavy (non-hydrogen) atoms. The van der Waals surface area contributed by atoms with Gasteiger partial charge in [0, 0.05) is 37.9 Å². The Balaban J connectivity index is 2.02. The van der Waals surface area contributed by atoms with Crippen LogP contribution >= 0.6 is 0 Å². The summed E-state index contributed by atoms with van der Waals surface area (Å²) in [5.74, 6) is 0.870. The Morgan fingerprint density at radius 1 is 0.857 bits per heavy atom. The molecule has 0 saturated carbocycles. The zero-order valence-corrected chi connectivity index (χ0v) is 15.0. The van der Waals surface area contributed by atoms with Crippen LogP contribution in [0.2, 0.25) is 0 Å². The highest BCUT2D eigenvalue weighted by atomic mass is 15.3. The summed E-state index contributed by atoms with van der Waals surface area (Å²) in [5, 5.41) is 0. The molecule has 0 unspecified atom stereocenters. The van der Waals surface area contributed by atoms with Gasteiger partial charge in [0.15, 0.2) is 0 Å². The zero-order valence-electron chi connectivity index (χ0n) is 15.0. The number of hydrogen-bond acceptors (Lipinski definition) is 2. The van der Waals surface area contributed by atoms with Crippen LogP contribution < -0.4 is 0 Å². The zero-order chi connectivity index (χ0) is 15.7. The molecule has 0 aromatic rings. The maximum absolute atomic E-state index is 4.31. The molecule has 0 bridgehead atoms. The van der Waals surface area contributed by atoms with E-state index in [4.69, 9.17) is 0 Å². The monoisotopic (exact) mass is 294 g/mol. The third-order valence-electron chi connectivity index (χ3n) is 4.74. The van der Waals surface area contributed by atoms with Crippen molar-refractivity contribution in [1.82, 2.24) is 9.80 Å². The van der Waals surface area contributed by atoms with Gasteiger partial charge in [0.2, 0.25) is 0 Å². The van der Waals surface area contributed by atoms with E-state index in [1.807, 2.05) is 0 Å². The quantitative estimate of drug-likeness (QED) is 0.528. The summed E-state index contributed by atoms with van der Waals surface area (Å²) in [6.07, 6.45) is 9.53. The van der Waals surface area contributed by atoms with E-state index in [0.717, 1.165) is 5.92 Å². The van der Waals surface area contributed by atoms with Crippen LogP contribution in [0.25, 0.3) is 0 Å². The third-order valence-corrected chi connectivity index (χ3v) is 4.74. The van der Waals surface area contributed by atoms with Crippen molar-refractivity contribution in [3.8, 4) is 0 Å². The maximum atomic E-state index is 4.31. The largest absolute Gasteiger partial charge is 0.373 e. The molecular weight excluding hydrogens is 256 g/mol. The van der Waals surface area contributed by atoms with E-state index in [0.29, 0.717) is 6.04 Å². The number of rotatable bonds is 10. The highest BCUT2D eigenvalue weighted by molar-refractivity contribution is 4.96. The molecule has 1 aliphatic rings. The fraction of sp³-hybridized carbons (Fsp3) is 0.895. The second kappa shape index (κ2) is 10.3. The Morgan fingerprint density at radius 2 is 1.43 bits per heavy atom. The van der Waals surface area contributed by atoms with Gasteiger partial charge in [-0.25, -0.2) is 0 Å². The number of allylic oxidation sites excluding steroid dienone is 1. The van der Waals surface area contributed by atoms with Crippen molar-refractivity contribution in [3.05, 3.63) is 12.3 Å². The van der Waals surface area contributed by atoms with Crippen LogP contribution in [-0.2, 0) is 0 Å². The molecule has 0 spiro atoms. The van der Waals surface area contributed by atoms with Crippen molar-refractivity contribution in [1.29, 1.82) is 0 Å². The fourth-order valence-electron chi connectivity index (χ4n) is 3.12. The lowest BCUT2D eigenvalue weighted by Gasteiger charge is -2.39. The van der Waals surface area contributed by atoms with Gasteiger partial charge in [-0.1, -0.05) is 52.5 Å². The minimum Gasteiger partial charge on any atom is -0.373 e. The SMILES string of the molecule is C=C(CCCCCCCC(C)C)N1CCN(C(C)C)CC1. The normalized spacial score (nSPS) is 17.0. The van der Waals surface area contributed by atoms with E-state index < -0.39 is 0 Å². The van der Waals surface area contributed by atoms with Gasteiger partial charge >= 0.3 is 0 Å². The van der Waals surface area contributed by atoms with Crippen LogP contribution in [-0.4, -0.2) is 42.0 Å². The molecule has 2 heteroatoms. The minimum absolute atomic E-state index is 0.686. The fourth-order valence-corrected chi connectivity index (χ4v) is 3.12. The van der Waals surface area contributed by atoms with Crippen molar-refractivity contribution in [3.63, 3.8) is 0 Å². The van der Waals surface area contributed by atoms with Gasteiger partial charge in [-0.3, -0.25) is 4.90 Å². The van der Waals surface area contributed by atoms with Crippen LogP contribution in [0.5, 0.6) is 0 Å². The number of nitrogens with zero attached hydrogens (tertiary/aromatic N) is 2. The Bertz CT molecular complexity index is 275. The van der Waals surface area contributed by atoms with Crippen LogP contribution in [0, 0.1) is 5.92 Å². The minimum atomic E-state index is 0.686. The average Bonchev–Trinajstić information content (AvgIpc) is 2.45. The molecule has 1 saturated heterocycles. The van der Waals surface area contributed by atoms with E-state index in [9.17, 15) is 0 Å². The molecule has 0 atom stereocenters. The van der Waals surface area contributed by atoms with Gasteiger partial charge < -0.3 is 4.90 Å². The Labute approximate surface area is 133 Å². The molecule has 0 amide bonds. The summed E-state index contributed by atoms with van der Waals surface area (Å²) in [6, 6.07) is 0.686. The van der Waals surface area contributed by atoms with Gasteiger partial charge in [-0.15, -0.1) is 0 Å². The molecule has 0 aliphatic carbocycles. The summed E-state index contributed by atoms with van der Waals surface area (Å²) >= 11 is 0. The summed E-state index contributed by atoms with van der Waals surface area (Å²) in [7, 11) is 0.